The number of pyridine rings is 1. The first-order valence-corrected chi connectivity index (χ1v) is 8.62. The van der Waals surface area contributed by atoms with Crippen LogP contribution in [-0.2, 0) is 7.05 Å². The van der Waals surface area contributed by atoms with Gasteiger partial charge in [-0.3, -0.25) is 0 Å². The van der Waals surface area contributed by atoms with E-state index in [1.807, 2.05) is 17.8 Å². The summed E-state index contributed by atoms with van der Waals surface area (Å²) in [5.41, 5.74) is 2.23. The average molecular weight is 331 g/mol. The number of aromatic nitrogens is 1. The van der Waals surface area contributed by atoms with Gasteiger partial charge in [-0.2, -0.15) is 4.57 Å². The third-order valence-corrected chi connectivity index (χ3v) is 6.28. The van der Waals surface area contributed by atoms with E-state index in [-0.39, 0.29) is 11.1 Å². The lowest BCUT2D eigenvalue weighted by Crippen LogP contribution is -2.30. The highest BCUT2D eigenvalue weighted by molar-refractivity contribution is 7.32. The molecule has 0 aliphatic heterocycles. The van der Waals surface area contributed by atoms with Crippen LogP contribution in [0.3, 0.4) is 0 Å². The highest BCUT2D eigenvalue weighted by Crippen LogP contribution is 2.41. The van der Waals surface area contributed by atoms with Crippen LogP contribution in [0.5, 0.6) is 0 Å². The summed E-state index contributed by atoms with van der Waals surface area (Å²) < 4.78 is 52.5. The zero-order chi connectivity index (χ0) is 20.4. The molecule has 0 bridgehead atoms. The van der Waals surface area contributed by atoms with Gasteiger partial charge in [0.25, 0.3) is 0 Å². The van der Waals surface area contributed by atoms with Crippen LogP contribution in [0.1, 0.15) is 24.9 Å². The van der Waals surface area contributed by atoms with E-state index in [0.29, 0.717) is 11.1 Å². The monoisotopic (exact) mass is 330 g/mol. The van der Waals surface area contributed by atoms with Gasteiger partial charge in [0.2, 0.25) is 5.69 Å². The van der Waals surface area contributed by atoms with Gasteiger partial charge in [-0.25, -0.2) is 0 Å². The van der Waals surface area contributed by atoms with Gasteiger partial charge < -0.3 is 0 Å². The predicted molar refractivity (Wildman–Crippen MR) is 98.0 cm³/mol. The molecule has 22 heavy (non-hydrogen) atoms. The van der Waals surface area contributed by atoms with Crippen molar-refractivity contribution in [2.24, 2.45) is 7.05 Å². The van der Waals surface area contributed by atoms with Crippen molar-refractivity contribution in [3.8, 4) is 11.3 Å². The summed E-state index contributed by atoms with van der Waals surface area (Å²) in [7, 11) is 1.90. The second-order valence-corrected chi connectivity index (χ2v) is 7.40. The number of aryl methyl sites for hydroxylation is 3. The molecule has 0 saturated heterocycles. The second kappa shape index (κ2) is 4.90. The first-order valence-electron chi connectivity index (χ1n) is 9.93. The maximum Gasteiger partial charge on any atom is 0.230 e. The van der Waals surface area contributed by atoms with Gasteiger partial charge >= 0.3 is 0 Å². The van der Waals surface area contributed by atoms with Crippen molar-refractivity contribution in [3.05, 3.63) is 52.5 Å². The fraction of sp³-hybridized carbons (Fsp3) is 0.211. The highest BCUT2D eigenvalue weighted by atomic mass is 32.1. The molecule has 1 aromatic carbocycles. The van der Waals surface area contributed by atoms with Gasteiger partial charge in [0.1, 0.15) is 11.7 Å². The average Bonchev–Trinajstić information content (AvgIpc) is 3.14. The molecule has 1 nitrogen and oxygen atoms in total. The SMILES string of the molecule is [2H]C([2H])([2H])c1cc(-c2c3sc4ccsc4c3cc[n+]2C)c(C)c(C([2H])([2H])[2H])c1. The Labute approximate surface area is 146 Å². The Morgan fingerprint density at radius 1 is 1.14 bits per heavy atom. The third kappa shape index (κ3) is 1.93. The molecule has 110 valence electrons. The fourth-order valence-electron chi connectivity index (χ4n) is 2.86. The van der Waals surface area contributed by atoms with E-state index in [0.717, 1.165) is 15.8 Å². The van der Waals surface area contributed by atoms with Crippen LogP contribution in [0.4, 0.5) is 0 Å². The minimum atomic E-state index is -2.39. The van der Waals surface area contributed by atoms with Crippen LogP contribution in [0, 0.1) is 20.6 Å². The maximum atomic E-state index is 7.90. The number of benzene rings is 1. The van der Waals surface area contributed by atoms with Crippen molar-refractivity contribution in [2.45, 2.75) is 20.6 Å². The Bertz CT molecular complexity index is 1210. The molecule has 3 heterocycles. The quantitative estimate of drug-likeness (QED) is 0.404. The molecule has 0 saturated carbocycles. The van der Waals surface area contributed by atoms with Crippen LogP contribution in [0.2, 0.25) is 0 Å². The standard InChI is InChI=1S/C19H18NS2/c1-11-9-12(2)13(3)15(10-11)17-19-14(5-7-20(17)4)18-16(22-19)6-8-21-18/h5-10H,1-4H3/q+1/i1D3,2D3. The zero-order valence-electron chi connectivity index (χ0n) is 18.2. The van der Waals surface area contributed by atoms with E-state index >= 15 is 0 Å². The molecule has 3 heteroatoms. The number of hydrogen-bond acceptors (Lipinski definition) is 2. The molecule has 0 amide bonds. The number of rotatable bonds is 1. The molecule has 0 N–H and O–H groups in total. The molecule has 0 atom stereocenters. The predicted octanol–water partition coefficient (Wildman–Crippen LogP) is 5.53. The van der Waals surface area contributed by atoms with Crippen molar-refractivity contribution < 1.29 is 12.8 Å². The van der Waals surface area contributed by atoms with Crippen molar-refractivity contribution in [1.29, 1.82) is 0 Å². The maximum absolute atomic E-state index is 7.90. The Hall–Kier alpha value is -1.71. The Balaban J connectivity index is 2.13. The Kier molecular flexibility index (Phi) is 1.96. The summed E-state index contributed by atoms with van der Waals surface area (Å²) in [6, 6.07) is 7.07. The molecule has 0 spiro atoms. The zero-order valence-corrected chi connectivity index (χ0v) is 13.9. The lowest BCUT2D eigenvalue weighted by Gasteiger charge is -2.10. The van der Waals surface area contributed by atoms with Crippen LogP contribution in [-0.4, -0.2) is 0 Å². The summed E-state index contributed by atoms with van der Waals surface area (Å²) in [4.78, 5) is 0. The minimum absolute atomic E-state index is 0.0506. The second-order valence-electron chi connectivity index (χ2n) is 5.43. The van der Waals surface area contributed by atoms with Crippen LogP contribution in [0.25, 0.3) is 30.7 Å². The van der Waals surface area contributed by atoms with Crippen LogP contribution < -0.4 is 4.57 Å². The largest absolute Gasteiger partial charge is 0.230 e. The molecular weight excluding hydrogens is 306 g/mol. The first kappa shape index (κ1) is 8.80. The van der Waals surface area contributed by atoms with Crippen molar-refractivity contribution in [3.63, 3.8) is 0 Å². The lowest BCUT2D eigenvalue weighted by molar-refractivity contribution is -0.659. The topological polar surface area (TPSA) is 3.88 Å². The Morgan fingerprint density at radius 2 is 2.05 bits per heavy atom. The van der Waals surface area contributed by atoms with Gasteiger partial charge in [-0.15, -0.1) is 22.7 Å². The molecule has 0 unspecified atom stereocenters. The molecule has 3 aromatic heterocycles. The molecular formula is C19H18NS2+. The van der Waals surface area contributed by atoms with E-state index in [2.05, 4.69) is 17.5 Å². The molecule has 0 aliphatic carbocycles. The lowest BCUT2D eigenvalue weighted by atomic mass is 9.97. The smallest absolute Gasteiger partial charge is 0.200 e. The summed E-state index contributed by atoms with van der Waals surface area (Å²) >= 11 is 3.32. The van der Waals surface area contributed by atoms with E-state index in [4.69, 9.17) is 8.22 Å². The normalized spacial score (nSPS) is 16.8. The molecule has 4 aromatic rings. The van der Waals surface area contributed by atoms with Crippen molar-refractivity contribution in [2.75, 3.05) is 0 Å². The van der Waals surface area contributed by atoms with Crippen molar-refractivity contribution >= 4 is 42.2 Å². The molecule has 4 rings (SSSR count). The fourth-order valence-corrected chi connectivity index (χ4v) is 5.29. The van der Waals surface area contributed by atoms with Crippen molar-refractivity contribution in [1.82, 2.24) is 0 Å². The summed E-state index contributed by atoms with van der Waals surface area (Å²) in [5, 5.41) is 3.16. The van der Waals surface area contributed by atoms with Gasteiger partial charge in [0, 0.05) is 24.4 Å². The number of hydrogen-bond donors (Lipinski definition) is 0. The van der Waals surface area contributed by atoms with Gasteiger partial charge in [0.05, 0.1) is 10.3 Å². The number of thiophene rings is 2. The van der Waals surface area contributed by atoms with Crippen LogP contribution >= 0.6 is 22.7 Å². The molecule has 0 radical (unpaired) electrons. The van der Waals surface area contributed by atoms with E-state index < -0.39 is 13.7 Å². The van der Waals surface area contributed by atoms with E-state index in [9.17, 15) is 0 Å². The minimum Gasteiger partial charge on any atom is -0.200 e. The highest BCUT2D eigenvalue weighted by Gasteiger charge is 2.21. The summed E-state index contributed by atoms with van der Waals surface area (Å²) in [6.07, 6.45) is 1.94. The van der Waals surface area contributed by atoms with Crippen LogP contribution in [0.15, 0.2) is 35.8 Å². The number of fused-ring (bicyclic) bond motifs is 3. The van der Waals surface area contributed by atoms with E-state index in [1.54, 1.807) is 35.7 Å². The van der Waals surface area contributed by atoms with Gasteiger partial charge in [-0.1, -0.05) is 11.6 Å². The summed E-state index contributed by atoms with van der Waals surface area (Å²) in [6.45, 7) is -3.01. The number of nitrogens with zero attached hydrogens (tertiary/aromatic N) is 1. The molecule has 0 aliphatic rings. The first-order chi connectivity index (χ1) is 13.0. The van der Waals surface area contributed by atoms with Gasteiger partial charge in [-0.05, 0) is 49.3 Å². The van der Waals surface area contributed by atoms with Gasteiger partial charge in [0.15, 0.2) is 6.20 Å². The summed E-state index contributed by atoms with van der Waals surface area (Å²) in [5.74, 6) is 0. The van der Waals surface area contributed by atoms with E-state index in [1.165, 1.54) is 15.5 Å². The third-order valence-electron chi connectivity index (χ3n) is 4.03. The Morgan fingerprint density at radius 3 is 2.86 bits per heavy atom. The molecule has 0 fully saturated rings.